The topological polar surface area (TPSA) is 106 Å². The van der Waals surface area contributed by atoms with Crippen molar-refractivity contribution in [1.29, 1.82) is 0 Å². The van der Waals surface area contributed by atoms with Crippen molar-refractivity contribution in [1.82, 2.24) is 0 Å². The highest BCUT2D eigenvalue weighted by molar-refractivity contribution is 6.04. The molecule has 1 aliphatic rings. The number of carboxylic acids is 1. The van der Waals surface area contributed by atoms with Crippen LogP contribution in [0.2, 0.25) is 0 Å². The minimum atomic E-state index is -1.06. The summed E-state index contributed by atoms with van der Waals surface area (Å²) in [6, 6.07) is 3.26. The number of rotatable bonds is 4. The molecule has 2 rings (SSSR count). The van der Waals surface area contributed by atoms with Gasteiger partial charge < -0.3 is 10.0 Å². The van der Waals surface area contributed by atoms with Crippen LogP contribution in [0, 0.1) is 19.8 Å². The third-order valence-corrected chi connectivity index (χ3v) is 3.81. The summed E-state index contributed by atoms with van der Waals surface area (Å²) < 4.78 is 0. The van der Waals surface area contributed by atoms with E-state index in [4.69, 9.17) is 5.53 Å². The first-order valence-electron chi connectivity index (χ1n) is 6.60. The van der Waals surface area contributed by atoms with Crippen LogP contribution in [-0.4, -0.2) is 30.1 Å². The Bertz CT molecular complexity index is 650. The summed E-state index contributed by atoms with van der Waals surface area (Å²) in [6.45, 7) is 4.31. The van der Waals surface area contributed by atoms with E-state index in [1.54, 1.807) is 6.07 Å². The molecular weight excluding hydrogens is 272 g/mol. The van der Waals surface area contributed by atoms with Gasteiger partial charge in [-0.2, -0.15) is 0 Å². The molecule has 21 heavy (non-hydrogen) atoms. The fourth-order valence-corrected chi connectivity index (χ4v) is 2.59. The Morgan fingerprint density at radius 2 is 2.24 bits per heavy atom. The second kappa shape index (κ2) is 5.85. The first kappa shape index (κ1) is 14.9. The van der Waals surface area contributed by atoms with Gasteiger partial charge in [-0.15, -0.1) is 0 Å². The summed E-state index contributed by atoms with van der Waals surface area (Å²) in [7, 11) is 0. The van der Waals surface area contributed by atoms with Gasteiger partial charge in [-0.25, -0.2) is 4.79 Å². The van der Waals surface area contributed by atoms with E-state index in [0.717, 1.165) is 11.1 Å². The van der Waals surface area contributed by atoms with Crippen molar-refractivity contribution in [2.45, 2.75) is 20.3 Å². The smallest absolute Gasteiger partial charge is 0.337 e. The van der Waals surface area contributed by atoms with Crippen LogP contribution in [0.15, 0.2) is 17.2 Å². The van der Waals surface area contributed by atoms with Crippen LogP contribution in [0.1, 0.15) is 27.9 Å². The molecular formula is C14H16N4O3. The molecule has 1 unspecified atom stereocenters. The Hall–Kier alpha value is -2.53. The standard InChI is InChI=1S/C14H16N4O3/c1-8-3-4-11(14(20)21)13(9(8)2)18-7-10(5-12(18)19)6-16-17-15/h3-4,10H,5-7H2,1-2H3,(H,20,21). The highest BCUT2D eigenvalue weighted by Gasteiger charge is 2.33. The third-order valence-electron chi connectivity index (χ3n) is 3.81. The van der Waals surface area contributed by atoms with Crippen LogP contribution in [0.5, 0.6) is 0 Å². The Morgan fingerprint density at radius 1 is 1.52 bits per heavy atom. The number of carboxylic acid groups (broad SMARTS) is 1. The Balaban J connectivity index is 2.42. The summed E-state index contributed by atoms with van der Waals surface area (Å²) in [5.41, 5.74) is 10.6. The van der Waals surface area contributed by atoms with E-state index in [0.29, 0.717) is 12.2 Å². The van der Waals surface area contributed by atoms with Crippen molar-refractivity contribution < 1.29 is 14.7 Å². The number of aryl methyl sites for hydroxylation is 1. The van der Waals surface area contributed by atoms with Gasteiger partial charge >= 0.3 is 5.97 Å². The fourth-order valence-electron chi connectivity index (χ4n) is 2.59. The molecule has 7 nitrogen and oxygen atoms in total. The second-order valence-electron chi connectivity index (χ2n) is 5.20. The van der Waals surface area contributed by atoms with Gasteiger partial charge in [0, 0.05) is 24.4 Å². The van der Waals surface area contributed by atoms with Crippen molar-refractivity contribution in [2.24, 2.45) is 11.0 Å². The van der Waals surface area contributed by atoms with E-state index < -0.39 is 5.97 Å². The molecule has 1 aromatic rings. The molecule has 1 amide bonds. The number of nitrogens with zero attached hydrogens (tertiary/aromatic N) is 4. The number of aromatic carboxylic acids is 1. The summed E-state index contributed by atoms with van der Waals surface area (Å²) in [4.78, 5) is 27.8. The molecule has 0 saturated carbocycles. The van der Waals surface area contributed by atoms with E-state index in [-0.39, 0.29) is 30.4 Å². The normalized spacial score (nSPS) is 17.7. The average molecular weight is 288 g/mol. The average Bonchev–Trinajstić information content (AvgIpc) is 2.80. The maximum atomic E-state index is 12.2. The molecule has 7 heteroatoms. The van der Waals surface area contributed by atoms with Crippen LogP contribution < -0.4 is 4.90 Å². The molecule has 0 aromatic heterocycles. The molecule has 1 heterocycles. The van der Waals surface area contributed by atoms with Gasteiger partial charge in [-0.05, 0) is 42.5 Å². The zero-order valence-electron chi connectivity index (χ0n) is 11.9. The third kappa shape index (κ3) is 2.83. The highest BCUT2D eigenvalue weighted by atomic mass is 16.4. The predicted octanol–water partition coefficient (Wildman–Crippen LogP) is 2.66. The monoisotopic (exact) mass is 288 g/mol. The maximum Gasteiger partial charge on any atom is 0.337 e. The van der Waals surface area contributed by atoms with Gasteiger partial charge in [-0.1, -0.05) is 11.2 Å². The molecule has 1 N–H and O–H groups in total. The van der Waals surface area contributed by atoms with Crippen molar-refractivity contribution in [2.75, 3.05) is 18.0 Å². The van der Waals surface area contributed by atoms with Gasteiger partial charge in [0.15, 0.2) is 0 Å². The van der Waals surface area contributed by atoms with Crippen LogP contribution >= 0.6 is 0 Å². The molecule has 1 atom stereocenters. The Morgan fingerprint density at radius 3 is 2.86 bits per heavy atom. The predicted molar refractivity (Wildman–Crippen MR) is 77.3 cm³/mol. The molecule has 0 spiro atoms. The van der Waals surface area contributed by atoms with Gasteiger partial charge in [0.2, 0.25) is 5.91 Å². The fraction of sp³-hybridized carbons (Fsp3) is 0.429. The summed E-state index contributed by atoms with van der Waals surface area (Å²) >= 11 is 0. The Labute approximate surface area is 121 Å². The SMILES string of the molecule is Cc1ccc(C(=O)O)c(N2CC(CN=[N+]=[N-])CC2=O)c1C. The van der Waals surface area contributed by atoms with E-state index in [1.807, 2.05) is 13.8 Å². The molecule has 0 bridgehead atoms. The number of carbonyl (C=O) groups excluding carboxylic acids is 1. The van der Waals surface area contributed by atoms with Crippen molar-refractivity contribution in [3.63, 3.8) is 0 Å². The minimum absolute atomic E-state index is 0.0741. The van der Waals surface area contributed by atoms with Crippen molar-refractivity contribution in [3.05, 3.63) is 39.3 Å². The first-order valence-corrected chi connectivity index (χ1v) is 6.60. The second-order valence-corrected chi connectivity index (χ2v) is 5.20. The number of amides is 1. The molecule has 0 radical (unpaired) electrons. The largest absolute Gasteiger partial charge is 0.478 e. The van der Waals surface area contributed by atoms with Gasteiger partial charge in [0.05, 0.1) is 11.3 Å². The molecule has 1 saturated heterocycles. The van der Waals surface area contributed by atoms with Crippen LogP contribution in [0.3, 0.4) is 0 Å². The maximum absolute atomic E-state index is 12.2. The molecule has 1 fully saturated rings. The van der Waals surface area contributed by atoms with Crippen LogP contribution in [0.4, 0.5) is 5.69 Å². The molecule has 1 aromatic carbocycles. The van der Waals surface area contributed by atoms with Crippen LogP contribution in [0.25, 0.3) is 10.4 Å². The van der Waals surface area contributed by atoms with Gasteiger partial charge in [-0.3, -0.25) is 4.79 Å². The quantitative estimate of drug-likeness (QED) is 0.522. The number of hydrogen-bond acceptors (Lipinski definition) is 3. The van der Waals surface area contributed by atoms with E-state index in [9.17, 15) is 14.7 Å². The van der Waals surface area contributed by atoms with E-state index in [2.05, 4.69) is 10.0 Å². The summed E-state index contributed by atoms with van der Waals surface area (Å²) in [6.07, 6.45) is 0.269. The number of carbonyl (C=O) groups is 2. The Kier molecular flexibility index (Phi) is 4.14. The van der Waals surface area contributed by atoms with Gasteiger partial charge in [0.1, 0.15) is 0 Å². The van der Waals surface area contributed by atoms with E-state index in [1.165, 1.54) is 11.0 Å². The lowest BCUT2D eigenvalue weighted by atomic mass is 10.0. The van der Waals surface area contributed by atoms with Gasteiger partial charge in [0.25, 0.3) is 0 Å². The summed E-state index contributed by atoms with van der Waals surface area (Å²) in [5, 5.41) is 12.8. The number of azide groups is 1. The zero-order chi connectivity index (χ0) is 15.6. The minimum Gasteiger partial charge on any atom is -0.478 e. The molecule has 0 aliphatic carbocycles. The highest BCUT2D eigenvalue weighted by Crippen LogP contribution is 2.33. The number of anilines is 1. The van der Waals surface area contributed by atoms with Crippen LogP contribution in [-0.2, 0) is 4.79 Å². The molecule has 110 valence electrons. The number of benzene rings is 1. The van der Waals surface area contributed by atoms with Crippen molar-refractivity contribution >= 4 is 17.6 Å². The lowest BCUT2D eigenvalue weighted by Crippen LogP contribution is -2.28. The lowest BCUT2D eigenvalue weighted by molar-refractivity contribution is -0.117. The zero-order valence-corrected chi connectivity index (χ0v) is 11.9. The van der Waals surface area contributed by atoms with E-state index >= 15 is 0 Å². The molecule has 1 aliphatic heterocycles. The number of hydrogen-bond donors (Lipinski definition) is 1. The van der Waals surface area contributed by atoms with Crippen molar-refractivity contribution in [3.8, 4) is 0 Å². The summed E-state index contributed by atoms with van der Waals surface area (Å²) in [5.74, 6) is -1.27. The lowest BCUT2D eigenvalue weighted by Gasteiger charge is -2.22. The first-order chi connectivity index (χ1) is 9.95.